The first-order valence-corrected chi connectivity index (χ1v) is 8.69. The molecule has 124 valence electrons. The van der Waals surface area contributed by atoms with Gasteiger partial charge in [-0.3, -0.25) is 9.59 Å². The first-order valence-electron chi connectivity index (χ1n) is 8.69. The molecular weight excluding hydrogens is 308 g/mol. The molecule has 2 aromatic carbocycles. The highest BCUT2D eigenvalue weighted by Crippen LogP contribution is 2.52. The molecule has 0 spiro atoms. The molecule has 0 saturated carbocycles. The molecule has 0 N–H and O–H groups in total. The molecule has 2 atom stereocenters. The Hall–Kier alpha value is -2.74. The Kier molecular flexibility index (Phi) is 3.76. The van der Waals surface area contributed by atoms with Crippen molar-refractivity contribution in [2.45, 2.75) is 20.3 Å². The van der Waals surface area contributed by atoms with Gasteiger partial charge in [-0.15, -0.1) is 0 Å². The van der Waals surface area contributed by atoms with Crippen molar-refractivity contribution in [3.63, 3.8) is 0 Å². The van der Waals surface area contributed by atoms with Crippen molar-refractivity contribution in [3.8, 4) is 0 Å². The van der Waals surface area contributed by atoms with Gasteiger partial charge in [0.25, 0.3) is 0 Å². The minimum Gasteiger partial charge on any atom is -0.295 e. The van der Waals surface area contributed by atoms with Gasteiger partial charge in [-0.05, 0) is 42.5 Å². The Labute approximate surface area is 147 Å². The Morgan fingerprint density at radius 1 is 0.680 bits per heavy atom. The lowest BCUT2D eigenvalue weighted by molar-refractivity contribution is 0.100. The summed E-state index contributed by atoms with van der Waals surface area (Å²) in [6, 6.07) is 15.9. The molecule has 0 aromatic heterocycles. The van der Waals surface area contributed by atoms with Crippen LogP contribution >= 0.6 is 0 Å². The monoisotopic (exact) mass is 328 g/mol. The van der Waals surface area contributed by atoms with Crippen LogP contribution in [0.1, 0.15) is 52.1 Å². The van der Waals surface area contributed by atoms with Crippen LogP contribution in [0.25, 0.3) is 11.1 Å². The lowest BCUT2D eigenvalue weighted by atomic mass is 9.86. The summed E-state index contributed by atoms with van der Waals surface area (Å²) in [4.78, 5) is 23.1. The van der Waals surface area contributed by atoms with Crippen LogP contribution in [0.5, 0.6) is 0 Å². The highest BCUT2D eigenvalue weighted by atomic mass is 16.1. The summed E-state index contributed by atoms with van der Waals surface area (Å²) >= 11 is 0. The molecule has 4 rings (SSSR count). The fourth-order valence-electron chi connectivity index (χ4n) is 4.03. The minimum absolute atomic E-state index is 0.0911. The number of allylic oxidation sites excluding steroid dienone is 4. The zero-order valence-corrected chi connectivity index (χ0v) is 14.5. The number of benzene rings is 2. The predicted octanol–water partition coefficient (Wildman–Crippen LogP) is 5.21. The molecule has 0 amide bonds. The maximum atomic E-state index is 11.5. The van der Waals surface area contributed by atoms with Gasteiger partial charge in [0.15, 0.2) is 11.6 Å². The number of Topliss-reactive ketones (excluding diaryl/α,β-unsaturated/α-hetero) is 2. The Morgan fingerprint density at radius 3 is 1.36 bits per heavy atom. The van der Waals surface area contributed by atoms with E-state index in [2.05, 4.69) is 36.4 Å². The Balaban J connectivity index is 1.79. The van der Waals surface area contributed by atoms with Crippen molar-refractivity contribution >= 4 is 22.7 Å². The highest BCUT2D eigenvalue weighted by Gasteiger charge is 2.36. The third-order valence-electron chi connectivity index (χ3n) is 5.32. The number of rotatable bonds is 4. The SMILES string of the molecule is CC(=O)c1ccc(C2=C(c3ccc(C(C)=O)cc3)[C@H]3C=C[C@@H]2C3)cc1. The Morgan fingerprint density at radius 2 is 1.04 bits per heavy atom. The molecule has 2 heteroatoms. The second kappa shape index (κ2) is 5.96. The van der Waals surface area contributed by atoms with Crippen LogP contribution in [0.3, 0.4) is 0 Å². The summed E-state index contributed by atoms with van der Waals surface area (Å²) in [7, 11) is 0. The first kappa shape index (κ1) is 15.8. The van der Waals surface area contributed by atoms with Crippen molar-refractivity contribution in [1.29, 1.82) is 0 Å². The van der Waals surface area contributed by atoms with Gasteiger partial charge in [-0.25, -0.2) is 0 Å². The predicted molar refractivity (Wildman–Crippen MR) is 100 cm³/mol. The molecule has 0 fully saturated rings. The van der Waals surface area contributed by atoms with Crippen LogP contribution in [-0.4, -0.2) is 11.6 Å². The fraction of sp³-hybridized carbons (Fsp3) is 0.217. The fourth-order valence-corrected chi connectivity index (χ4v) is 4.03. The molecule has 2 aliphatic rings. The maximum absolute atomic E-state index is 11.5. The van der Waals surface area contributed by atoms with E-state index in [1.54, 1.807) is 13.8 Å². The molecule has 0 heterocycles. The van der Waals surface area contributed by atoms with E-state index in [-0.39, 0.29) is 11.6 Å². The van der Waals surface area contributed by atoms with Crippen molar-refractivity contribution in [2.75, 3.05) is 0 Å². The van der Waals surface area contributed by atoms with E-state index in [0.717, 1.165) is 17.5 Å². The number of carbonyl (C=O) groups excluding carboxylic acids is 2. The van der Waals surface area contributed by atoms with Gasteiger partial charge >= 0.3 is 0 Å². The Bertz CT molecular complexity index is 836. The van der Waals surface area contributed by atoms with Crippen molar-refractivity contribution in [3.05, 3.63) is 82.9 Å². The summed E-state index contributed by atoms with van der Waals surface area (Å²) in [5.41, 5.74) is 6.59. The maximum Gasteiger partial charge on any atom is 0.159 e. The average Bonchev–Trinajstić information content (AvgIpc) is 3.23. The largest absolute Gasteiger partial charge is 0.295 e. The van der Waals surface area contributed by atoms with E-state index in [9.17, 15) is 9.59 Å². The molecule has 0 saturated heterocycles. The smallest absolute Gasteiger partial charge is 0.159 e. The van der Waals surface area contributed by atoms with Crippen molar-refractivity contribution in [2.24, 2.45) is 11.8 Å². The zero-order chi connectivity index (χ0) is 17.6. The summed E-state index contributed by atoms with van der Waals surface area (Å²) in [5.74, 6) is 1.06. The number of hydrogen-bond acceptors (Lipinski definition) is 2. The standard InChI is InChI=1S/C23H20O2/c1-14(24)16-3-7-18(8-4-16)22-20-11-12-21(13-20)23(22)19-9-5-17(6-10-19)15(2)25/h3-12,20-21H,13H2,1-2H3/t20-,21+. The molecule has 0 unspecified atom stereocenters. The van der Waals surface area contributed by atoms with E-state index in [0.29, 0.717) is 11.8 Å². The topological polar surface area (TPSA) is 34.1 Å². The lowest BCUT2D eigenvalue weighted by Gasteiger charge is -2.18. The second-order valence-electron chi connectivity index (χ2n) is 6.93. The second-order valence-corrected chi connectivity index (χ2v) is 6.93. The molecule has 2 aliphatic carbocycles. The molecule has 2 nitrogen and oxygen atoms in total. The third kappa shape index (κ3) is 2.68. The summed E-state index contributed by atoms with van der Waals surface area (Å²) in [6.45, 7) is 3.19. The van der Waals surface area contributed by atoms with Crippen LogP contribution in [0.4, 0.5) is 0 Å². The van der Waals surface area contributed by atoms with Gasteiger partial charge in [0.1, 0.15) is 0 Å². The van der Waals surface area contributed by atoms with Crippen LogP contribution in [0.2, 0.25) is 0 Å². The van der Waals surface area contributed by atoms with Gasteiger partial charge < -0.3 is 0 Å². The number of ketones is 2. The van der Waals surface area contributed by atoms with Gasteiger partial charge in [-0.2, -0.15) is 0 Å². The molecule has 2 aromatic rings. The molecule has 0 aliphatic heterocycles. The summed E-state index contributed by atoms with van der Waals surface area (Å²) in [5, 5.41) is 0. The number of fused-ring (bicyclic) bond motifs is 2. The van der Waals surface area contributed by atoms with E-state index in [1.807, 2.05) is 24.3 Å². The van der Waals surface area contributed by atoms with Crippen LogP contribution in [0, 0.1) is 11.8 Å². The number of hydrogen-bond donors (Lipinski definition) is 0. The van der Waals surface area contributed by atoms with Gasteiger partial charge in [0.05, 0.1) is 0 Å². The van der Waals surface area contributed by atoms with Crippen molar-refractivity contribution < 1.29 is 9.59 Å². The van der Waals surface area contributed by atoms with E-state index < -0.39 is 0 Å². The third-order valence-corrected chi connectivity index (χ3v) is 5.32. The quantitative estimate of drug-likeness (QED) is 0.570. The van der Waals surface area contributed by atoms with E-state index in [4.69, 9.17) is 0 Å². The van der Waals surface area contributed by atoms with Crippen LogP contribution in [0.15, 0.2) is 60.7 Å². The lowest BCUT2D eigenvalue weighted by Crippen LogP contribution is -2.00. The molecule has 25 heavy (non-hydrogen) atoms. The summed E-state index contributed by atoms with van der Waals surface area (Å²) in [6.07, 6.45) is 5.71. The van der Waals surface area contributed by atoms with Crippen LogP contribution < -0.4 is 0 Å². The molecule has 2 bridgehead atoms. The van der Waals surface area contributed by atoms with Gasteiger partial charge in [0, 0.05) is 23.0 Å². The molecule has 0 radical (unpaired) electrons. The van der Waals surface area contributed by atoms with Gasteiger partial charge in [0.2, 0.25) is 0 Å². The van der Waals surface area contributed by atoms with E-state index in [1.165, 1.54) is 22.3 Å². The normalized spacial score (nSPS) is 21.0. The first-order chi connectivity index (χ1) is 12.0. The number of carbonyl (C=O) groups is 2. The van der Waals surface area contributed by atoms with Gasteiger partial charge in [-0.1, -0.05) is 60.7 Å². The highest BCUT2D eigenvalue weighted by molar-refractivity contribution is 6.00. The minimum atomic E-state index is 0.0911. The zero-order valence-electron chi connectivity index (χ0n) is 14.5. The van der Waals surface area contributed by atoms with Crippen LogP contribution in [-0.2, 0) is 0 Å². The molecular formula is C23H20O2. The summed E-state index contributed by atoms with van der Waals surface area (Å²) < 4.78 is 0. The average molecular weight is 328 g/mol. The van der Waals surface area contributed by atoms with Crippen molar-refractivity contribution in [1.82, 2.24) is 0 Å². The van der Waals surface area contributed by atoms with E-state index >= 15 is 0 Å².